The number of likely N-dealkylation sites (N-methyl/N-ethyl adjacent to an activating group) is 1. The average Bonchev–Trinajstić information content (AvgIpc) is 2.23. The van der Waals surface area contributed by atoms with E-state index in [0.717, 1.165) is 0 Å². The number of hydrogen-bond donors (Lipinski definition) is 1. The van der Waals surface area contributed by atoms with Crippen molar-refractivity contribution in [3.63, 3.8) is 0 Å². The van der Waals surface area contributed by atoms with Crippen LogP contribution in [-0.4, -0.2) is 34.7 Å². The van der Waals surface area contributed by atoms with Crippen LogP contribution in [-0.2, 0) is 9.63 Å². The van der Waals surface area contributed by atoms with Gasteiger partial charge in [-0.25, -0.2) is 0 Å². The maximum absolute atomic E-state index is 12.0. The van der Waals surface area contributed by atoms with Crippen LogP contribution < -0.4 is 5.32 Å². The molecular weight excluding hydrogens is 230 g/mol. The molecule has 0 saturated heterocycles. The molecule has 1 N–H and O–H groups in total. The van der Waals surface area contributed by atoms with E-state index in [9.17, 15) is 4.79 Å². The molecule has 5 heteroatoms. The molecule has 18 heavy (non-hydrogen) atoms. The molecule has 0 aromatic heterocycles. The third-order valence-electron chi connectivity index (χ3n) is 2.49. The summed E-state index contributed by atoms with van der Waals surface area (Å²) in [6, 6.07) is 2.08. The molecule has 0 aliphatic rings. The maximum Gasteiger partial charge on any atom is 0.242 e. The summed E-state index contributed by atoms with van der Waals surface area (Å²) in [5.41, 5.74) is -2.27. The zero-order valence-corrected chi connectivity index (χ0v) is 12.7. The van der Waals surface area contributed by atoms with E-state index < -0.39 is 16.7 Å². The summed E-state index contributed by atoms with van der Waals surface area (Å²) in [7, 11) is 1.58. The van der Waals surface area contributed by atoms with Crippen LogP contribution in [0.25, 0.3) is 0 Å². The second-order valence-electron chi connectivity index (χ2n) is 6.32. The fourth-order valence-corrected chi connectivity index (χ4v) is 1.74. The van der Waals surface area contributed by atoms with E-state index in [0.29, 0.717) is 0 Å². The van der Waals surface area contributed by atoms with Gasteiger partial charge in [0.1, 0.15) is 5.54 Å². The van der Waals surface area contributed by atoms with Crippen molar-refractivity contribution in [1.82, 2.24) is 10.4 Å². The molecule has 0 aliphatic heterocycles. The normalized spacial score (nSPS) is 13.3. The highest BCUT2D eigenvalue weighted by molar-refractivity contribution is 5.85. The second-order valence-corrected chi connectivity index (χ2v) is 6.32. The van der Waals surface area contributed by atoms with Gasteiger partial charge in [-0.3, -0.25) is 9.63 Å². The van der Waals surface area contributed by atoms with Crippen molar-refractivity contribution < 1.29 is 9.63 Å². The Morgan fingerprint density at radius 1 is 1.17 bits per heavy atom. The van der Waals surface area contributed by atoms with E-state index in [1.54, 1.807) is 39.8 Å². The first kappa shape index (κ1) is 16.9. The summed E-state index contributed by atoms with van der Waals surface area (Å²) in [6.07, 6.45) is 0. The third kappa shape index (κ3) is 3.97. The van der Waals surface area contributed by atoms with Gasteiger partial charge in [-0.15, -0.1) is 0 Å². The fraction of sp³-hybridized carbons (Fsp3) is 0.846. The van der Waals surface area contributed by atoms with E-state index >= 15 is 0 Å². The Morgan fingerprint density at radius 2 is 1.61 bits per heavy atom. The number of nitrogens with zero attached hydrogens (tertiary/aromatic N) is 2. The minimum absolute atomic E-state index is 0.161. The number of hydrogen-bond acceptors (Lipinski definition) is 4. The lowest BCUT2D eigenvalue weighted by atomic mass is 9.96. The minimum Gasteiger partial charge on any atom is -0.358 e. The Balaban J connectivity index is 5.41. The minimum atomic E-state index is -0.988. The predicted molar refractivity (Wildman–Crippen MR) is 70.5 cm³/mol. The van der Waals surface area contributed by atoms with Crippen LogP contribution >= 0.6 is 0 Å². The van der Waals surface area contributed by atoms with Crippen molar-refractivity contribution in [2.75, 3.05) is 7.05 Å². The van der Waals surface area contributed by atoms with Gasteiger partial charge < -0.3 is 5.32 Å². The van der Waals surface area contributed by atoms with Crippen molar-refractivity contribution in [2.24, 2.45) is 0 Å². The molecule has 0 fully saturated rings. The highest BCUT2D eigenvalue weighted by Crippen LogP contribution is 2.29. The Morgan fingerprint density at radius 3 is 1.89 bits per heavy atom. The molecule has 0 radical (unpaired) electrons. The van der Waals surface area contributed by atoms with Gasteiger partial charge in [0.2, 0.25) is 5.91 Å². The lowest BCUT2D eigenvalue weighted by molar-refractivity contribution is -0.293. The highest BCUT2D eigenvalue weighted by atomic mass is 16.7. The summed E-state index contributed by atoms with van der Waals surface area (Å²) in [5.74, 6) is -0.161. The summed E-state index contributed by atoms with van der Waals surface area (Å²) in [5, 5.41) is 13.3. The topological polar surface area (TPSA) is 65.4 Å². The maximum atomic E-state index is 12.0. The lowest BCUT2D eigenvalue weighted by Gasteiger charge is -2.46. The SMILES string of the molecule is CNC(=O)C(C)(C)N(OC(C)(C)C#N)C(C)(C)C. The van der Waals surface area contributed by atoms with Gasteiger partial charge in [-0.1, -0.05) is 0 Å². The monoisotopic (exact) mass is 255 g/mol. The van der Waals surface area contributed by atoms with Crippen molar-refractivity contribution in [3.05, 3.63) is 0 Å². The number of carbonyl (C=O) groups excluding carboxylic acids is 1. The fourth-order valence-electron chi connectivity index (χ4n) is 1.74. The van der Waals surface area contributed by atoms with Crippen molar-refractivity contribution >= 4 is 5.91 Å². The molecule has 0 unspecified atom stereocenters. The molecule has 1 amide bonds. The van der Waals surface area contributed by atoms with E-state index in [4.69, 9.17) is 10.1 Å². The van der Waals surface area contributed by atoms with Gasteiger partial charge in [-0.2, -0.15) is 10.3 Å². The standard InChI is InChI=1S/C13H25N3O2/c1-11(2,3)16(18-12(4,5)9-14)13(6,7)10(17)15-8/h1-8H3,(H,15,17). The molecule has 0 atom stereocenters. The number of nitriles is 1. The van der Waals surface area contributed by atoms with Gasteiger partial charge in [-0.05, 0) is 48.5 Å². The molecule has 0 aromatic carbocycles. The van der Waals surface area contributed by atoms with Crippen molar-refractivity contribution in [1.29, 1.82) is 5.26 Å². The van der Waals surface area contributed by atoms with Gasteiger partial charge in [0.05, 0.1) is 6.07 Å². The van der Waals surface area contributed by atoms with E-state index in [-0.39, 0.29) is 5.91 Å². The van der Waals surface area contributed by atoms with Crippen molar-refractivity contribution in [3.8, 4) is 6.07 Å². The Hall–Kier alpha value is -1.12. The zero-order chi connectivity index (χ0) is 14.8. The Labute approximate surface area is 110 Å². The van der Waals surface area contributed by atoms with Gasteiger partial charge in [0.25, 0.3) is 0 Å². The van der Waals surface area contributed by atoms with E-state index in [1.807, 2.05) is 20.8 Å². The smallest absolute Gasteiger partial charge is 0.242 e. The third-order valence-corrected chi connectivity index (χ3v) is 2.49. The molecule has 0 rings (SSSR count). The lowest BCUT2D eigenvalue weighted by Crippen LogP contribution is -2.62. The second kappa shape index (κ2) is 5.25. The van der Waals surface area contributed by atoms with Crippen LogP contribution in [0.4, 0.5) is 0 Å². The van der Waals surface area contributed by atoms with Crippen molar-refractivity contribution in [2.45, 2.75) is 65.1 Å². The first-order valence-electron chi connectivity index (χ1n) is 6.01. The van der Waals surface area contributed by atoms with Crippen LogP contribution in [0.5, 0.6) is 0 Å². The molecule has 0 spiro atoms. The number of hydroxylamine groups is 2. The van der Waals surface area contributed by atoms with E-state index in [2.05, 4.69) is 11.4 Å². The largest absolute Gasteiger partial charge is 0.358 e. The number of rotatable bonds is 4. The molecular formula is C13H25N3O2. The molecule has 0 aliphatic carbocycles. The molecule has 0 bridgehead atoms. The number of carbonyl (C=O) groups is 1. The highest BCUT2D eigenvalue weighted by Gasteiger charge is 2.44. The summed E-state index contributed by atoms with van der Waals surface area (Å²) >= 11 is 0. The quantitative estimate of drug-likeness (QED) is 0.779. The molecule has 0 heterocycles. The summed E-state index contributed by atoms with van der Waals surface area (Å²) in [6.45, 7) is 12.7. The molecule has 5 nitrogen and oxygen atoms in total. The van der Waals surface area contributed by atoms with Gasteiger partial charge >= 0.3 is 0 Å². The first-order valence-corrected chi connectivity index (χ1v) is 6.01. The zero-order valence-electron chi connectivity index (χ0n) is 12.7. The number of nitrogens with one attached hydrogen (secondary N) is 1. The Bertz CT molecular complexity index is 348. The van der Waals surface area contributed by atoms with E-state index in [1.165, 1.54) is 0 Å². The van der Waals surface area contributed by atoms with Crippen LogP contribution in [0, 0.1) is 11.3 Å². The molecule has 0 saturated carbocycles. The predicted octanol–water partition coefficient (Wildman–Crippen LogP) is 1.85. The van der Waals surface area contributed by atoms with Gasteiger partial charge in [0, 0.05) is 12.6 Å². The van der Waals surface area contributed by atoms with Crippen LogP contribution in [0.15, 0.2) is 0 Å². The van der Waals surface area contributed by atoms with Crippen LogP contribution in [0.1, 0.15) is 48.5 Å². The number of amides is 1. The summed E-state index contributed by atoms with van der Waals surface area (Å²) < 4.78 is 0. The Kier molecular flexibility index (Phi) is 4.92. The van der Waals surface area contributed by atoms with Crippen LogP contribution in [0.3, 0.4) is 0 Å². The van der Waals surface area contributed by atoms with Gasteiger partial charge in [0.15, 0.2) is 5.60 Å². The first-order chi connectivity index (χ1) is 7.88. The van der Waals surface area contributed by atoms with Crippen LogP contribution in [0.2, 0.25) is 0 Å². The molecule has 104 valence electrons. The molecule has 0 aromatic rings. The summed E-state index contributed by atoms with van der Waals surface area (Å²) in [4.78, 5) is 17.7. The average molecular weight is 255 g/mol.